The molecule has 15 heavy (non-hydrogen) atoms. The van der Waals surface area contributed by atoms with E-state index in [1.54, 1.807) is 6.07 Å². The molecule has 0 fully saturated rings. The summed E-state index contributed by atoms with van der Waals surface area (Å²) in [5, 5.41) is 0.489. The number of benzene rings is 1. The molecule has 0 amide bonds. The van der Waals surface area contributed by atoms with E-state index in [1.165, 1.54) is 11.9 Å². The second kappa shape index (κ2) is 4.41. The zero-order valence-corrected chi connectivity index (χ0v) is 9.15. The van der Waals surface area contributed by atoms with Gasteiger partial charge in [0.2, 0.25) is 0 Å². The van der Waals surface area contributed by atoms with Gasteiger partial charge >= 0.3 is 0 Å². The lowest BCUT2D eigenvalue weighted by Crippen LogP contribution is -1.99. The van der Waals surface area contributed by atoms with Gasteiger partial charge in [0.1, 0.15) is 11.5 Å². The second-order valence-corrected chi connectivity index (χ2v) is 3.79. The highest BCUT2D eigenvalue weighted by Crippen LogP contribution is 2.22. The normalized spacial score (nSPS) is 12.4. The molecule has 0 aliphatic heterocycles. The van der Waals surface area contributed by atoms with Crippen LogP contribution in [-0.4, -0.2) is 9.97 Å². The van der Waals surface area contributed by atoms with Crippen LogP contribution in [0.5, 0.6) is 0 Å². The van der Waals surface area contributed by atoms with Gasteiger partial charge in [-0.25, -0.2) is 9.97 Å². The molecule has 1 atom stereocenters. The van der Waals surface area contributed by atoms with Gasteiger partial charge in [0.05, 0.1) is 5.69 Å². The molecule has 1 aromatic heterocycles. The van der Waals surface area contributed by atoms with Crippen molar-refractivity contribution in [2.75, 3.05) is 0 Å². The minimum atomic E-state index is 0.242. The number of rotatable bonds is 2. The van der Waals surface area contributed by atoms with Gasteiger partial charge in [-0.3, -0.25) is 0 Å². The lowest BCUT2D eigenvalue weighted by molar-refractivity contribution is 0.859. The Bertz CT molecular complexity index is 442. The summed E-state index contributed by atoms with van der Waals surface area (Å²) in [6.45, 7) is 2.11. The van der Waals surface area contributed by atoms with Gasteiger partial charge in [-0.2, -0.15) is 0 Å². The molecular formula is C12H11ClN2. The molecule has 0 aliphatic carbocycles. The van der Waals surface area contributed by atoms with Gasteiger partial charge in [0, 0.05) is 5.92 Å². The van der Waals surface area contributed by atoms with Crippen molar-refractivity contribution in [3.05, 3.63) is 59.1 Å². The zero-order valence-electron chi connectivity index (χ0n) is 8.39. The molecule has 0 spiro atoms. The molecule has 2 nitrogen and oxygen atoms in total. The Morgan fingerprint density at radius 1 is 1.13 bits per heavy atom. The Labute approximate surface area is 94.0 Å². The highest BCUT2D eigenvalue weighted by Gasteiger charge is 2.09. The molecule has 2 rings (SSSR count). The second-order valence-electron chi connectivity index (χ2n) is 3.40. The molecule has 1 heterocycles. The standard InChI is InChI=1S/C12H11ClN2/c1-9(10-5-3-2-4-6-10)11-7-12(13)15-8-14-11/h2-9H,1H3/t9-/m1/s1. The fraction of sp³-hybridized carbons (Fsp3) is 0.167. The maximum Gasteiger partial charge on any atom is 0.132 e. The highest BCUT2D eigenvalue weighted by molar-refractivity contribution is 6.29. The van der Waals surface area contributed by atoms with Crippen LogP contribution in [0.25, 0.3) is 0 Å². The molecule has 0 radical (unpaired) electrons. The number of halogens is 1. The predicted molar refractivity (Wildman–Crippen MR) is 61.0 cm³/mol. The zero-order chi connectivity index (χ0) is 10.7. The van der Waals surface area contributed by atoms with Crippen molar-refractivity contribution in [1.82, 2.24) is 9.97 Å². The topological polar surface area (TPSA) is 25.8 Å². The summed E-state index contributed by atoms with van der Waals surface area (Å²) in [6, 6.07) is 12.0. The summed E-state index contributed by atoms with van der Waals surface area (Å²) in [5.41, 5.74) is 2.17. The van der Waals surface area contributed by atoms with Gasteiger partial charge in [0.25, 0.3) is 0 Å². The Hall–Kier alpha value is -1.41. The SMILES string of the molecule is C[C@H](c1ccccc1)c1cc(Cl)ncn1. The van der Waals surface area contributed by atoms with Crippen LogP contribution in [0.1, 0.15) is 24.1 Å². The smallest absolute Gasteiger partial charge is 0.132 e. The summed E-state index contributed by atoms with van der Waals surface area (Å²) in [7, 11) is 0. The molecular weight excluding hydrogens is 208 g/mol. The first-order valence-corrected chi connectivity index (χ1v) is 5.17. The first-order chi connectivity index (χ1) is 7.27. The quantitative estimate of drug-likeness (QED) is 0.723. The minimum Gasteiger partial charge on any atom is -0.241 e. The molecule has 0 saturated heterocycles. The number of nitrogens with zero attached hydrogens (tertiary/aromatic N) is 2. The highest BCUT2D eigenvalue weighted by atomic mass is 35.5. The Kier molecular flexibility index (Phi) is 2.97. The van der Waals surface area contributed by atoms with E-state index in [-0.39, 0.29) is 5.92 Å². The Morgan fingerprint density at radius 3 is 2.53 bits per heavy atom. The van der Waals surface area contributed by atoms with Crippen molar-refractivity contribution in [2.45, 2.75) is 12.8 Å². The van der Waals surface area contributed by atoms with Crippen LogP contribution in [0.4, 0.5) is 0 Å². The maximum absolute atomic E-state index is 5.83. The van der Waals surface area contributed by atoms with Crippen molar-refractivity contribution in [3.63, 3.8) is 0 Å². The van der Waals surface area contributed by atoms with Crippen molar-refractivity contribution >= 4 is 11.6 Å². The van der Waals surface area contributed by atoms with E-state index in [0.717, 1.165) is 5.69 Å². The third kappa shape index (κ3) is 2.34. The molecule has 0 saturated carbocycles. The van der Waals surface area contributed by atoms with E-state index >= 15 is 0 Å². The predicted octanol–water partition coefficient (Wildman–Crippen LogP) is 3.28. The van der Waals surface area contributed by atoms with E-state index in [9.17, 15) is 0 Å². The van der Waals surface area contributed by atoms with E-state index in [2.05, 4.69) is 29.0 Å². The third-order valence-corrected chi connectivity index (χ3v) is 2.60. The van der Waals surface area contributed by atoms with Gasteiger partial charge in [-0.05, 0) is 11.6 Å². The van der Waals surface area contributed by atoms with Crippen molar-refractivity contribution in [2.24, 2.45) is 0 Å². The fourth-order valence-corrected chi connectivity index (χ4v) is 1.65. The van der Waals surface area contributed by atoms with E-state index in [4.69, 9.17) is 11.6 Å². The van der Waals surface area contributed by atoms with Crippen LogP contribution in [0.15, 0.2) is 42.7 Å². The Balaban J connectivity index is 2.32. The van der Waals surface area contributed by atoms with E-state index in [1.807, 2.05) is 18.2 Å². The van der Waals surface area contributed by atoms with Crippen LogP contribution in [-0.2, 0) is 0 Å². The molecule has 0 unspecified atom stereocenters. The third-order valence-electron chi connectivity index (χ3n) is 2.40. The summed E-state index contributed by atoms with van der Waals surface area (Å²) in [4.78, 5) is 8.09. The molecule has 0 bridgehead atoms. The van der Waals surface area contributed by atoms with E-state index in [0.29, 0.717) is 5.15 Å². The molecule has 0 N–H and O–H groups in total. The van der Waals surface area contributed by atoms with Gasteiger partial charge in [-0.15, -0.1) is 0 Å². The van der Waals surface area contributed by atoms with E-state index < -0.39 is 0 Å². The summed E-state index contributed by atoms with van der Waals surface area (Å²) in [6.07, 6.45) is 1.50. The minimum absolute atomic E-state index is 0.242. The Morgan fingerprint density at radius 2 is 1.87 bits per heavy atom. The van der Waals surface area contributed by atoms with Crippen LogP contribution >= 0.6 is 11.6 Å². The lowest BCUT2D eigenvalue weighted by Gasteiger charge is -2.10. The monoisotopic (exact) mass is 218 g/mol. The molecule has 1 aromatic carbocycles. The largest absolute Gasteiger partial charge is 0.241 e. The van der Waals surface area contributed by atoms with Crippen LogP contribution in [0.2, 0.25) is 5.15 Å². The molecule has 2 aromatic rings. The van der Waals surface area contributed by atoms with Gasteiger partial charge in [-0.1, -0.05) is 48.9 Å². The molecule has 0 aliphatic rings. The van der Waals surface area contributed by atoms with Gasteiger partial charge in [0.15, 0.2) is 0 Å². The first kappa shape index (κ1) is 10.1. The maximum atomic E-state index is 5.83. The lowest BCUT2D eigenvalue weighted by atomic mass is 9.98. The average Bonchev–Trinajstić information content (AvgIpc) is 2.29. The summed E-state index contributed by atoms with van der Waals surface area (Å²) >= 11 is 5.83. The van der Waals surface area contributed by atoms with Crippen molar-refractivity contribution < 1.29 is 0 Å². The van der Waals surface area contributed by atoms with Crippen LogP contribution in [0, 0.1) is 0 Å². The number of hydrogen-bond acceptors (Lipinski definition) is 2. The number of hydrogen-bond donors (Lipinski definition) is 0. The van der Waals surface area contributed by atoms with Crippen LogP contribution < -0.4 is 0 Å². The summed E-state index contributed by atoms with van der Waals surface area (Å²) < 4.78 is 0. The average molecular weight is 219 g/mol. The number of aromatic nitrogens is 2. The van der Waals surface area contributed by atoms with Gasteiger partial charge < -0.3 is 0 Å². The first-order valence-electron chi connectivity index (χ1n) is 4.80. The molecule has 76 valence electrons. The van der Waals surface area contributed by atoms with Crippen molar-refractivity contribution in [3.8, 4) is 0 Å². The summed E-state index contributed by atoms with van der Waals surface area (Å²) in [5.74, 6) is 0.242. The van der Waals surface area contributed by atoms with Crippen molar-refractivity contribution in [1.29, 1.82) is 0 Å². The van der Waals surface area contributed by atoms with Crippen LogP contribution in [0.3, 0.4) is 0 Å². The molecule has 3 heteroatoms. The fourth-order valence-electron chi connectivity index (χ4n) is 1.50.